The molecule has 3 N–H and O–H groups in total. The Hall–Kier alpha value is -1.43. The summed E-state index contributed by atoms with van der Waals surface area (Å²) >= 11 is 1.57. The summed E-state index contributed by atoms with van der Waals surface area (Å²) in [6.45, 7) is 2.60. The largest absolute Gasteiger partial charge is 0.494 e. The predicted molar refractivity (Wildman–Crippen MR) is 68.9 cm³/mol. The fraction of sp³-hybridized carbons (Fsp3) is 0.250. The molecule has 1 unspecified atom stereocenters. The molecule has 90 valence electrons. The van der Waals surface area contributed by atoms with Crippen molar-refractivity contribution >= 4 is 11.3 Å². The maximum Gasteiger partial charge on any atom is 0.124 e. The number of rotatable bonds is 5. The van der Waals surface area contributed by atoms with E-state index in [9.17, 15) is 0 Å². The van der Waals surface area contributed by atoms with Crippen LogP contribution in [-0.2, 0) is 0 Å². The molecule has 2 rings (SSSR count). The lowest BCUT2D eigenvalue weighted by Gasteiger charge is -2.18. The summed E-state index contributed by atoms with van der Waals surface area (Å²) in [5, 5.41) is 0. The van der Waals surface area contributed by atoms with Crippen LogP contribution in [0.25, 0.3) is 0 Å². The highest BCUT2D eigenvalue weighted by Gasteiger charge is 2.17. The molecular formula is C12H15N3OS. The van der Waals surface area contributed by atoms with E-state index >= 15 is 0 Å². The van der Waals surface area contributed by atoms with E-state index < -0.39 is 0 Å². The zero-order valence-corrected chi connectivity index (χ0v) is 10.4. The van der Waals surface area contributed by atoms with Gasteiger partial charge in [0.05, 0.1) is 18.2 Å². The van der Waals surface area contributed by atoms with Crippen LogP contribution in [0.2, 0.25) is 0 Å². The van der Waals surface area contributed by atoms with E-state index in [0.717, 1.165) is 16.2 Å². The first-order valence-corrected chi connectivity index (χ1v) is 6.31. The first-order valence-electron chi connectivity index (χ1n) is 5.43. The third-order valence-corrected chi connectivity index (χ3v) is 3.27. The van der Waals surface area contributed by atoms with Gasteiger partial charge in [-0.2, -0.15) is 0 Å². The van der Waals surface area contributed by atoms with Crippen LogP contribution in [0.1, 0.15) is 23.4 Å². The Morgan fingerprint density at radius 2 is 2.29 bits per heavy atom. The molecule has 1 aromatic heterocycles. The molecule has 17 heavy (non-hydrogen) atoms. The molecule has 0 saturated carbocycles. The molecule has 5 heteroatoms. The van der Waals surface area contributed by atoms with Gasteiger partial charge in [0.15, 0.2) is 0 Å². The Bertz CT molecular complexity index is 459. The van der Waals surface area contributed by atoms with Crippen molar-refractivity contribution in [3.63, 3.8) is 0 Å². The Labute approximate surface area is 104 Å². The lowest BCUT2D eigenvalue weighted by Crippen LogP contribution is -2.28. The molecule has 0 radical (unpaired) electrons. The third-order valence-electron chi connectivity index (χ3n) is 2.43. The van der Waals surface area contributed by atoms with Gasteiger partial charge >= 0.3 is 0 Å². The number of ether oxygens (including phenoxy) is 1. The summed E-state index contributed by atoms with van der Waals surface area (Å²) in [5.74, 6) is 6.49. The molecule has 0 amide bonds. The van der Waals surface area contributed by atoms with Gasteiger partial charge in [-0.15, -0.1) is 11.3 Å². The number of nitrogens with one attached hydrogen (secondary N) is 1. The van der Waals surface area contributed by atoms with Crippen molar-refractivity contribution in [2.24, 2.45) is 5.84 Å². The van der Waals surface area contributed by atoms with E-state index in [-0.39, 0.29) is 6.04 Å². The Morgan fingerprint density at radius 3 is 2.94 bits per heavy atom. The van der Waals surface area contributed by atoms with Crippen molar-refractivity contribution in [3.05, 3.63) is 46.4 Å². The summed E-state index contributed by atoms with van der Waals surface area (Å²) in [4.78, 5) is 5.14. The molecule has 0 aliphatic rings. The second kappa shape index (κ2) is 5.77. The van der Waals surface area contributed by atoms with E-state index in [4.69, 9.17) is 10.6 Å². The van der Waals surface area contributed by atoms with Gasteiger partial charge in [-0.25, -0.2) is 5.43 Å². The number of benzene rings is 1. The highest BCUT2D eigenvalue weighted by molar-refractivity contribution is 7.09. The van der Waals surface area contributed by atoms with Crippen LogP contribution in [0, 0.1) is 0 Å². The van der Waals surface area contributed by atoms with E-state index in [1.54, 1.807) is 16.8 Å². The third kappa shape index (κ3) is 2.63. The zero-order chi connectivity index (χ0) is 12.1. The van der Waals surface area contributed by atoms with E-state index in [0.29, 0.717) is 6.61 Å². The van der Waals surface area contributed by atoms with Crippen LogP contribution in [0.4, 0.5) is 0 Å². The SMILES string of the molecule is CCOc1ccccc1C(NN)c1cncs1. The highest BCUT2D eigenvalue weighted by atomic mass is 32.1. The monoisotopic (exact) mass is 249 g/mol. The van der Waals surface area contributed by atoms with Gasteiger partial charge in [-0.3, -0.25) is 10.8 Å². The van der Waals surface area contributed by atoms with E-state index in [2.05, 4.69) is 10.4 Å². The van der Waals surface area contributed by atoms with Crippen molar-refractivity contribution < 1.29 is 4.74 Å². The van der Waals surface area contributed by atoms with Gasteiger partial charge in [0, 0.05) is 16.6 Å². The second-order valence-electron chi connectivity index (χ2n) is 3.47. The minimum absolute atomic E-state index is 0.0785. The van der Waals surface area contributed by atoms with Gasteiger partial charge in [0.1, 0.15) is 5.75 Å². The summed E-state index contributed by atoms with van der Waals surface area (Å²) < 4.78 is 5.61. The zero-order valence-electron chi connectivity index (χ0n) is 9.59. The van der Waals surface area contributed by atoms with Crippen LogP contribution < -0.4 is 16.0 Å². The number of nitrogens with zero attached hydrogens (tertiary/aromatic N) is 1. The first-order chi connectivity index (χ1) is 8.36. The molecule has 0 aliphatic heterocycles. The summed E-state index contributed by atoms with van der Waals surface area (Å²) in [7, 11) is 0. The number of para-hydroxylation sites is 1. The summed E-state index contributed by atoms with van der Waals surface area (Å²) in [6, 6.07) is 7.81. The molecule has 0 fully saturated rings. The Balaban J connectivity index is 2.37. The maximum atomic E-state index is 5.63. The first kappa shape index (κ1) is 12.0. The minimum atomic E-state index is -0.0785. The van der Waals surface area contributed by atoms with Gasteiger partial charge in [0.25, 0.3) is 0 Å². The lowest BCUT2D eigenvalue weighted by atomic mass is 10.1. The van der Waals surface area contributed by atoms with Crippen molar-refractivity contribution in [2.75, 3.05) is 6.61 Å². The number of hydrazine groups is 1. The fourth-order valence-electron chi connectivity index (χ4n) is 1.70. The minimum Gasteiger partial charge on any atom is -0.494 e. The molecule has 0 aliphatic carbocycles. The lowest BCUT2D eigenvalue weighted by molar-refractivity contribution is 0.333. The van der Waals surface area contributed by atoms with Crippen LogP contribution in [0.5, 0.6) is 5.75 Å². The molecule has 2 aromatic rings. The van der Waals surface area contributed by atoms with Crippen LogP contribution in [-0.4, -0.2) is 11.6 Å². The summed E-state index contributed by atoms with van der Waals surface area (Å²) in [6.07, 6.45) is 1.82. The van der Waals surface area contributed by atoms with E-state index in [1.165, 1.54) is 0 Å². The van der Waals surface area contributed by atoms with Gasteiger partial charge < -0.3 is 4.74 Å². The second-order valence-corrected chi connectivity index (χ2v) is 4.39. The molecule has 1 aromatic carbocycles. The van der Waals surface area contributed by atoms with Crippen molar-refractivity contribution in [1.82, 2.24) is 10.4 Å². The molecular weight excluding hydrogens is 234 g/mol. The molecule has 0 spiro atoms. The van der Waals surface area contributed by atoms with Crippen LogP contribution >= 0.6 is 11.3 Å². The smallest absolute Gasteiger partial charge is 0.124 e. The number of aromatic nitrogens is 1. The average Bonchev–Trinajstić information content (AvgIpc) is 2.86. The Morgan fingerprint density at radius 1 is 1.47 bits per heavy atom. The van der Waals surface area contributed by atoms with Gasteiger partial charge in [0.2, 0.25) is 0 Å². The number of nitrogens with two attached hydrogens (primary N) is 1. The molecule has 4 nitrogen and oxygen atoms in total. The van der Waals surface area contributed by atoms with Crippen molar-refractivity contribution in [2.45, 2.75) is 13.0 Å². The number of hydrogen-bond donors (Lipinski definition) is 2. The summed E-state index contributed by atoms with van der Waals surface area (Å²) in [5.41, 5.74) is 5.63. The highest BCUT2D eigenvalue weighted by Crippen LogP contribution is 2.31. The van der Waals surface area contributed by atoms with Crippen molar-refractivity contribution in [1.29, 1.82) is 0 Å². The van der Waals surface area contributed by atoms with Gasteiger partial charge in [-0.05, 0) is 13.0 Å². The van der Waals surface area contributed by atoms with Crippen LogP contribution in [0.3, 0.4) is 0 Å². The molecule has 0 saturated heterocycles. The number of thiazole rings is 1. The normalized spacial score (nSPS) is 12.4. The average molecular weight is 249 g/mol. The Kier molecular flexibility index (Phi) is 4.08. The fourth-order valence-corrected chi connectivity index (χ4v) is 2.40. The van der Waals surface area contributed by atoms with Gasteiger partial charge in [-0.1, -0.05) is 18.2 Å². The molecule has 0 bridgehead atoms. The van der Waals surface area contributed by atoms with Crippen LogP contribution in [0.15, 0.2) is 36.0 Å². The van der Waals surface area contributed by atoms with E-state index in [1.807, 2.05) is 37.4 Å². The predicted octanol–water partition coefficient (Wildman–Crippen LogP) is 2.09. The topological polar surface area (TPSA) is 60.2 Å². The molecule has 1 atom stereocenters. The maximum absolute atomic E-state index is 5.63. The standard InChI is InChI=1S/C12H15N3OS/c1-2-16-10-6-4-3-5-9(10)12(15-13)11-7-14-8-17-11/h3-8,12,15H,2,13H2,1H3. The number of hydrogen-bond acceptors (Lipinski definition) is 5. The quantitative estimate of drug-likeness (QED) is 0.629. The molecule has 1 heterocycles. The van der Waals surface area contributed by atoms with Crippen molar-refractivity contribution in [3.8, 4) is 5.75 Å².